The van der Waals surface area contributed by atoms with Crippen molar-refractivity contribution in [2.75, 3.05) is 0 Å². The number of allylic oxidation sites excluding steroid dienone is 2. The number of rotatable bonds is 8. The number of carbonyl (C=O) groups is 1. The number of unbranched alkanes of at least 4 members (excludes halogenated alkanes) is 1. The predicted molar refractivity (Wildman–Crippen MR) is 112 cm³/mol. The third kappa shape index (κ3) is 7.44. The molecule has 17 heteroatoms. The van der Waals surface area contributed by atoms with E-state index in [4.69, 9.17) is 4.74 Å². The minimum atomic E-state index is -6.72. The van der Waals surface area contributed by atoms with Crippen molar-refractivity contribution in [2.45, 2.75) is 56.8 Å². The number of aryl methyl sites for hydroxylation is 2. The first-order chi connectivity index (χ1) is 16.4. The summed E-state index contributed by atoms with van der Waals surface area (Å²) in [5.41, 5.74) is -11.4. The Bertz CT molecular complexity index is 1130. The van der Waals surface area contributed by atoms with E-state index in [1.165, 1.54) is 12.8 Å². The number of esters is 1. The molecule has 2 bridgehead atoms. The molecule has 0 radical (unpaired) electrons. The Hall–Kier alpha value is -2.14. The zero-order valence-corrected chi connectivity index (χ0v) is 20.8. The molecule has 0 N–H and O–H groups in total. The van der Waals surface area contributed by atoms with Crippen LogP contribution in [0.3, 0.4) is 0 Å². The third-order valence-corrected chi connectivity index (χ3v) is 8.32. The molecule has 36 heavy (non-hydrogen) atoms. The molecule has 1 heterocycles. The topological polar surface area (TPSA) is 117 Å². The first-order valence-electron chi connectivity index (χ1n) is 10.6. The van der Waals surface area contributed by atoms with Crippen LogP contribution in [0.15, 0.2) is 24.7 Å². The van der Waals surface area contributed by atoms with E-state index in [1.54, 1.807) is 0 Å². The Labute approximate surface area is 204 Å². The number of alkyl halides is 6. The molecule has 3 rings (SSSR count). The molecular weight excluding hydrogens is 544 g/mol. The molecule has 1 aromatic rings. The Kier molecular flexibility index (Phi) is 9.26. The van der Waals surface area contributed by atoms with E-state index in [-0.39, 0.29) is 11.9 Å². The van der Waals surface area contributed by atoms with Crippen LogP contribution in [0.25, 0.3) is 4.13 Å². The van der Waals surface area contributed by atoms with Gasteiger partial charge < -0.3 is 8.86 Å². The highest BCUT2D eigenvalue weighted by atomic mass is 32.3. The van der Waals surface area contributed by atoms with Gasteiger partial charge in [-0.3, -0.25) is 4.79 Å². The van der Waals surface area contributed by atoms with Crippen molar-refractivity contribution in [2.24, 2.45) is 24.8 Å². The van der Waals surface area contributed by atoms with Crippen LogP contribution in [0.4, 0.5) is 26.3 Å². The first kappa shape index (κ1) is 30.1. The van der Waals surface area contributed by atoms with Gasteiger partial charge >= 0.3 is 17.0 Å². The fourth-order valence-corrected chi connectivity index (χ4v) is 5.44. The van der Waals surface area contributed by atoms with Crippen molar-refractivity contribution in [1.29, 1.82) is 0 Å². The summed E-state index contributed by atoms with van der Waals surface area (Å²) in [5.74, 6) is 1.10. The van der Waals surface area contributed by atoms with Crippen LogP contribution in [0.5, 0.6) is 0 Å². The molecule has 206 valence electrons. The molecule has 2 aliphatic rings. The predicted octanol–water partition coefficient (Wildman–Crippen LogP) is 3.43. The molecule has 0 aliphatic heterocycles. The van der Waals surface area contributed by atoms with Gasteiger partial charge in [0.25, 0.3) is 0 Å². The monoisotopic (exact) mass is 569 g/mol. The fourth-order valence-electron chi connectivity index (χ4n) is 3.73. The highest BCUT2D eigenvalue weighted by Gasteiger charge is 2.47. The van der Waals surface area contributed by atoms with E-state index in [9.17, 15) is 48.0 Å². The summed E-state index contributed by atoms with van der Waals surface area (Å²) in [6, 6.07) is 0. The second kappa shape index (κ2) is 11.1. The number of sulfonamides is 2. The largest absolute Gasteiger partial charge is 0.480 e. The van der Waals surface area contributed by atoms with Crippen LogP contribution in [0.2, 0.25) is 0 Å². The van der Waals surface area contributed by atoms with Gasteiger partial charge in [-0.15, -0.1) is 0 Å². The lowest BCUT2D eigenvalue weighted by Crippen LogP contribution is -2.30. The number of aromatic nitrogens is 2. The van der Waals surface area contributed by atoms with Gasteiger partial charge in [-0.2, -0.15) is 26.3 Å². The maximum absolute atomic E-state index is 12.2. The van der Waals surface area contributed by atoms with E-state index >= 15 is 0 Å². The molecule has 2 aliphatic carbocycles. The molecule has 0 spiro atoms. The van der Waals surface area contributed by atoms with Gasteiger partial charge in [0.05, 0.1) is 19.5 Å². The second-order valence-corrected chi connectivity index (χ2v) is 11.8. The molecule has 1 fully saturated rings. The number of carbonyl (C=O) groups excluding carboxylic acids is 1. The normalized spacial score (nSPS) is 21.8. The molecule has 0 aromatic carbocycles. The Morgan fingerprint density at radius 1 is 1.08 bits per heavy atom. The third-order valence-electron chi connectivity index (χ3n) is 5.58. The van der Waals surface area contributed by atoms with Crippen LogP contribution in [0.1, 0.15) is 38.3 Å². The van der Waals surface area contributed by atoms with E-state index in [0.717, 1.165) is 29.2 Å². The summed E-state index contributed by atoms with van der Waals surface area (Å²) in [5, 5.41) is 0. The zero-order valence-electron chi connectivity index (χ0n) is 19.2. The van der Waals surface area contributed by atoms with Gasteiger partial charge in [-0.1, -0.05) is 25.5 Å². The average Bonchev–Trinajstić information content (AvgIpc) is 3.44. The minimum Gasteiger partial charge on any atom is -0.457 e. The lowest BCUT2D eigenvalue weighted by atomic mass is 9.94. The van der Waals surface area contributed by atoms with Gasteiger partial charge in [0.15, 0.2) is 32.3 Å². The summed E-state index contributed by atoms with van der Waals surface area (Å²) >= 11 is 0. The van der Waals surface area contributed by atoms with Crippen LogP contribution < -0.4 is 4.57 Å². The SMILES string of the molecule is CCCC[n+]1cc(COC(=O)[C@H]2C[C@H]3C=C[C@@H]2C3)n(C)c1.O=S(=O)([N-]S(=O)(=O)C(F)(F)F)C(F)(F)F. The summed E-state index contributed by atoms with van der Waals surface area (Å²) in [6.07, 6.45) is 13.1. The quantitative estimate of drug-likeness (QED) is 0.205. The smallest absolute Gasteiger partial charge is 0.457 e. The van der Waals surface area contributed by atoms with Crippen LogP contribution in [0, 0.1) is 17.8 Å². The molecule has 0 saturated heterocycles. The number of hydrogen-bond acceptors (Lipinski definition) is 6. The standard InChI is InChI=1S/C17H25N2O2.C2F6NO4S2/c1-3-4-7-19-10-15(18(2)12-19)11-21-17(20)16-9-13-5-6-14(16)8-13;3-1(4,5)14(10,11)9-15(12,13)2(6,7)8/h5-6,10,12-14,16H,3-4,7-9,11H2,1-2H3;/q+1;-1/t13-,14+,16-;/m0./s1. The minimum absolute atomic E-state index is 0.0202. The second-order valence-electron chi connectivity index (χ2n) is 8.35. The average molecular weight is 570 g/mol. The first-order valence-corrected chi connectivity index (χ1v) is 13.5. The Morgan fingerprint density at radius 3 is 2.11 bits per heavy atom. The molecule has 0 unspecified atom stereocenters. The van der Waals surface area contributed by atoms with E-state index in [1.807, 2.05) is 11.6 Å². The lowest BCUT2D eigenvalue weighted by Gasteiger charge is -2.22. The van der Waals surface area contributed by atoms with E-state index in [0.29, 0.717) is 18.4 Å². The molecule has 9 nitrogen and oxygen atoms in total. The molecule has 3 atom stereocenters. The summed E-state index contributed by atoms with van der Waals surface area (Å²) in [6.45, 7) is 3.59. The van der Waals surface area contributed by atoms with Gasteiger partial charge in [0, 0.05) is 0 Å². The molecule has 0 amide bonds. The fraction of sp³-hybridized carbons (Fsp3) is 0.684. The van der Waals surface area contributed by atoms with E-state index < -0.39 is 31.1 Å². The summed E-state index contributed by atoms with van der Waals surface area (Å²) in [4.78, 5) is 12.2. The highest BCUT2D eigenvalue weighted by Crippen LogP contribution is 2.44. The van der Waals surface area contributed by atoms with Crippen molar-refractivity contribution in [3.63, 3.8) is 0 Å². The van der Waals surface area contributed by atoms with Gasteiger partial charge in [-0.05, 0) is 31.1 Å². The maximum Gasteiger partial charge on any atom is 0.480 e. The van der Waals surface area contributed by atoms with Gasteiger partial charge in [0.1, 0.15) is 6.20 Å². The van der Waals surface area contributed by atoms with Gasteiger partial charge in [0.2, 0.25) is 6.33 Å². The molecule has 1 aromatic heterocycles. The van der Waals surface area contributed by atoms with Crippen molar-refractivity contribution in [1.82, 2.24) is 4.57 Å². The maximum atomic E-state index is 12.2. The van der Waals surface area contributed by atoms with Crippen molar-refractivity contribution >= 4 is 26.0 Å². The molecular formula is C19H25F6N3O6S2. The van der Waals surface area contributed by atoms with Crippen molar-refractivity contribution in [3.8, 4) is 0 Å². The number of imidazole rings is 1. The number of halogens is 6. The van der Waals surface area contributed by atoms with Crippen molar-refractivity contribution in [3.05, 3.63) is 34.5 Å². The van der Waals surface area contributed by atoms with Crippen molar-refractivity contribution < 1.29 is 57.3 Å². The lowest BCUT2D eigenvalue weighted by molar-refractivity contribution is -0.697. The summed E-state index contributed by atoms with van der Waals surface area (Å²) < 4.78 is 119. The number of hydrogen-bond donors (Lipinski definition) is 0. The highest BCUT2D eigenvalue weighted by molar-refractivity contribution is 8.13. The number of fused-ring (bicyclic) bond motifs is 2. The van der Waals surface area contributed by atoms with Crippen LogP contribution in [-0.2, 0) is 49.8 Å². The molecule has 1 saturated carbocycles. The number of ether oxygens (including phenoxy) is 1. The Morgan fingerprint density at radius 2 is 1.67 bits per heavy atom. The zero-order chi connectivity index (χ0) is 27.5. The van der Waals surface area contributed by atoms with Gasteiger partial charge in [-0.25, -0.2) is 26.0 Å². The Balaban J connectivity index is 0.000000271. The summed E-state index contributed by atoms with van der Waals surface area (Å²) in [7, 11) is -11.4. The van der Waals surface area contributed by atoms with E-state index in [2.05, 4.69) is 36.2 Å². The number of nitrogens with zero attached hydrogens (tertiary/aromatic N) is 3. The van der Waals surface area contributed by atoms with Crippen LogP contribution in [-0.4, -0.2) is 38.4 Å². The van der Waals surface area contributed by atoms with Crippen LogP contribution >= 0.6 is 0 Å².